The van der Waals surface area contributed by atoms with Crippen molar-refractivity contribution in [3.8, 4) is 0 Å². The van der Waals surface area contributed by atoms with Crippen molar-refractivity contribution in [3.05, 3.63) is 35.4 Å². The van der Waals surface area contributed by atoms with E-state index in [0.29, 0.717) is 24.5 Å². The zero-order valence-corrected chi connectivity index (χ0v) is 15.9. The number of carbonyl (C=O) groups is 2. The highest BCUT2D eigenvalue weighted by atomic mass is 32.2. The number of likely N-dealkylation sites (tertiary alicyclic amines) is 1. The van der Waals surface area contributed by atoms with E-state index in [1.165, 1.54) is 42.8 Å². The molecule has 1 atom stereocenters. The third-order valence-corrected chi connectivity index (χ3v) is 5.39. The normalized spacial score (nSPS) is 15.8. The standard InChI is InChI=1S/C19H28N2O3S/c1-15-5-7-16(8-6-15)17(21-10-3-4-11-21)13-20-18(22)9-12-25-14-19(23)24-2/h5-8,17H,3-4,9-14H2,1-2H3,(H,20,22). The number of hydrogen-bond acceptors (Lipinski definition) is 5. The molecule has 25 heavy (non-hydrogen) atoms. The third-order valence-electron chi connectivity index (χ3n) is 4.46. The van der Waals surface area contributed by atoms with E-state index >= 15 is 0 Å². The van der Waals surface area contributed by atoms with Crippen molar-refractivity contribution < 1.29 is 14.3 Å². The Morgan fingerprint density at radius 2 is 1.92 bits per heavy atom. The van der Waals surface area contributed by atoms with Gasteiger partial charge in [0.1, 0.15) is 0 Å². The first-order valence-electron chi connectivity index (χ1n) is 8.82. The maximum absolute atomic E-state index is 12.1. The minimum Gasteiger partial charge on any atom is -0.468 e. The number of rotatable bonds is 9. The predicted molar refractivity (Wildman–Crippen MR) is 102 cm³/mol. The molecule has 1 saturated heterocycles. The van der Waals surface area contributed by atoms with E-state index in [1.54, 1.807) is 0 Å². The summed E-state index contributed by atoms with van der Waals surface area (Å²) < 4.78 is 4.58. The van der Waals surface area contributed by atoms with Crippen LogP contribution in [0, 0.1) is 6.92 Å². The number of nitrogens with zero attached hydrogens (tertiary/aromatic N) is 1. The maximum Gasteiger partial charge on any atom is 0.315 e. The van der Waals surface area contributed by atoms with Gasteiger partial charge in [0.2, 0.25) is 5.91 Å². The summed E-state index contributed by atoms with van der Waals surface area (Å²) in [6.07, 6.45) is 2.86. The van der Waals surface area contributed by atoms with Crippen LogP contribution in [0.25, 0.3) is 0 Å². The van der Waals surface area contributed by atoms with E-state index < -0.39 is 0 Å². The molecule has 1 aromatic rings. The van der Waals surface area contributed by atoms with Crippen LogP contribution in [0.3, 0.4) is 0 Å². The second-order valence-electron chi connectivity index (χ2n) is 6.35. The Bertz CT molecular complexity index is 556. The summed E-state index contributed by atoms with van der Waals surface area (Å²) in [4.78, 5) is 25.6. The average molecular weight is 365 g/mol. The van der Waals surface area contributed by atoms with Crippen LogP contribution in [-0.2, 0) is 14.3 Å². The number of aryl methyl sites for hydroxylation is 1. The summed E-state index contributed by atoms with van der Waals surface area (Å²) in [7, 11) is 1.37. The fourth-order valence-electron chi connectivity index (χ4n) is 2.98. The number of amides is 1. The Hall–Kier alpha value is -1.53. The average Bonchev–Trinajstić information content (AvgIpc) is 3.14. The first-order chi connectivity index (χ1) is 12.1. The van der Waals surface area contributed by atoms with Gasteiger partial charge in [-0.3, -0.25) is 14.5 Å². The van der Waals surface area contributed by atoms with E-state index in [4.69, 9.17) is 0 Å². The molecule has 1 amide bonds. The van der Waals surface area contributed by atoms with Crippen LogP contribution < -0.4 is 5.32 Å². The van der Waals surface area contributed by atoms with Gasteiger partial charge in [-0.2, -0.15) is 0 Å². The third kappa shape index (κ3) is 6.71. The molecule has 0 aromatic heterocycles. The molecule has 0 saturated carbocycles. The Labute approximate surface area is 154 Å². The van der Waals surface area contributed by atoms with Gasteiger partial charge in [0.05, 0.1) is 18.9 Å². The van der Waals surface area contributed by atoms with E-state index in [0.717, 1.165) is 13.1 Å². The lowest BCUT2D eigenvalue weighted by atomic mass is 10.0. The smallest absolute Gasteiger partial charge is 0.315 e. The SMILES string of the molecule is COC(=O)CSCCC(=O)NCC(c1ccc(C)cc1)N1CCCC1. The molecule has 0 spiro atoms. The number of thioether (sulfide) groups is 1. The Balaban J connectivity index is 1.82. The van der Waals surface area contributed by atoms with Gasteiger partial charge in [-0.25, -0.2) is 0 Å². The van der Waals surface area contributed by atoms with Gasteiger partial charge >= 0.3 is 5.97 Å². The molecule has 1 fully saturated rings. The molecule has 1 heterocycles. The van der Waals surface area contributed by atoms with Crippen molar-refractivity contribution in [1.82, 2.24) is 10.2 Å². The van der Waals surface area contributed by atoms with Crippen LogP contribution in [0.1, 0.15) is 36.4 Å². The van der Waals surface area contributed by atoms with E-state index in [2.05, 4.69) is 46.1 Å². The maximum atomic E-state index is 12.1. The molecule has 2 rings (SSSR count). The van der Waals surface area contributed by atoms with Gasteiger partial charge in [-0.05, 0) is 38.4 Å². The molecular formula is C19H28N2O3S. The number of nitrogens with one attached hydrogen (secondary N) is 1. The summed E-state index contributed by atoms with van der Waals surface area (Å²) >= 11 is 1.43. The van der Waals surface area contributed by atoms with Gasteiger partial charge in [0.15, 0.2) is 0 Å². The van der Waals surface area contributed by atoms with E-state index in [9.17, 15) is 9.59 Å². The summed E-state index contributed by atoms with van der Waals surface area (Å²) in [5, 5.41) is 3.06. The van der Waals surface area contributed by atoms with Gasteiger partial charge < -0.3 is 10.1 Å². The van der Waals surface area contributed by atoms with E-state index in [-0.39, 0.29) is 17.9 Å². The fourth-order valence-corrected chi connectivity index (χ4v) is 3.74. The number of esters is 1. The molecule has 138 valence electrons. The molecule has 1 N–H and O–H groups in total. The zero-order valence-electron chi connectivity index (χ0n) is 15.1. The van der Waals surface area contributed by atoms with Crippen molar-refractivity contribution in [3.63, 3.8) is 0 Å². The van der Waals surface area contributed by atoms with Crippen molar-refractivity contribution in [2.24, 2.45) is 0 Å². The second kappa shape index (κ2) is 10.5. The number of ether oxygens (including phenoxy) is 1. The fraction of sp³-hybridized carbons (Fsp3) is 0.579. The topological polar surface area (TPSA) is 58.6 Å². The molecule has 5 nitrogen and oxygen atoms in total. The van der Waals surface area contributed by atoms with Crippen LogP contribution in [0.15, 0.2) is 24.3 Å². The molecule has 0 radical (unpaired) electrons. The summed E-state index contributed by atoms with van der Waals surface area (Å²) in [6, 6.07) is 8.82. The van der Waals surface area contributed by atoms with Crippen molar-refractivity contribution in [2.75, 3.05) is 38.2 Å². The minimum absolute atomic E-state index is 0.0358. The van der Waals surface area contributed by atoms with Gasteiger partial charge in [-0.1, -0.05) is 29.8 Å². The Morgan fingerprint density at radius 3 is 2.56 bits per heavy atom. The summed E-state index contributed by atoms with van der Waals surface area (Å²) in [5.41, 5.74) is 2.50. The highest BCUT2D eigenvalue weighted by Gasteiger charge is 2.23. The van der Waals surface area contributed by atoms with Crippen LogP contribution in [0.4, 0.5) is 0 Å². The molecule has 1 aromatic carbocycles. The second-order valence-corrected chi connectivity index (χ2v) is 7.46. The van der Waals surface area contributed by atoms with Crippen molar-refractivity contribution in [2.45, 2.75) is 32.2 Å². The first kappa shape index (κ1) is 19.8. The van der Waals surface area contributed by atoms with Crippen LogP contribution in [0.2, 0.25) is 0 Å². The largest absolute Gasteiger partial charge is 0.468 e. The minimum atomic E-state index is -0.251. The molecule has 0 bridgehead atoms. The van der Waals surface area contributed by atoms with Gasteiger partial charge in [0, 0.05) is 18.7 Å². The number of benzene rings is 1. The van der Waals surface area contributed by atoms with Crippen LogP contribution >= 0.6 is 11.8 Å². The molecule has 1 unspecified atom stereocenters. The number of hydrogen-bond donors (Lipinski definition) is 1. The summed E-state index contributed by atoms with van der Waals surface area (Å²) in [5.74, 6) is 0.705. The molecule has 1 aliphatic rings. The highest BCUT2D eigenvalue weighted by molar-refractivity contribution is 7.99. The number of carbonyl (C=O) groups excluding carboxylic acids is 2. The lowest BCUT2D eigenvalue weighted by molar-refractivity contribution is -0.137. The Morgan fingerprint density at radius 1 is 1.24 bits per heavy atom. The molecule has 0 aliphatic carbocycles. The van der Waals surface area contributed by atoms with Crippen LogP contribution in [0.5, 0.6) is 0 Å². The first-order valence-corrected chi connectivity index (χ1v) is 9.97. The van der Waals surface area contributed by atoms with Gasteiger partial charge in [-0.15, -0.1) is 11.8 Å². The Kier molecular flexibility index (Phi) is 8.28. The summed E-state index contributed by atoms with van der Waals surface area (Å²) in [6.45, 7) is 4.89. The quantitative estimate of drug-likeness (QED) is 0.539. The molecular weight excluding hydrogens is 336 g/mol. The monoisotopic (exact) mass is 364 g/mol. The highest BCUT2D eigenvalue weighted by Crippen LogP contribution is 2.25. The van der Waals surface area contributed by atoms with Crippen molar-refractivity contribution >= 4 is 23.6 Å². The lowest BCUT2D eigenvalue weighted by Crippen LogP contribution is -2.36. The van der Waals surface area contributed by atoms with Crippen LogP contribution in [-0.4, -0.2) is 55.0 Å². The van der Waals surface area contributed by atoms with E-state index in [1.807, 2.05) is 0 Å². The molecule has 1 aliphatic heterocycles. The lowest BCUT2D eigenvalue weighted by Gasteiger charge is -2.28. The zero-order chi connectivity index (χ0) is 18.1. The molecule has 6 heteroatoms. The van der Waals surface area contributed by atoms with Gasteiger partial charge in [0.25, 0.3) is 0 Å². The number of methoxy groups -OCH3 is 1. The van der Waals surface area contributed by atoms with Crippen molar-refractivity contribution in [1.29, 1.82) is 0 Å². The predicted octanol–water partition coefficient (Wildman–Crippen LogP) is 2.54.